The summed E-state index contributed by atoms with van der Waals surface area (Å²) in [4.78, 5) is 64.8. The molecule has 30 heavy (non-hydrogen) atoms. The number of H-pyrrole nitrogens is 1. The molecule has 0 saturated heterocycles. The monoisotopic (exact) mass is 405 g/mol. The van der Waals surface area contributed by atoms with Crippen LogP contribution in [0.1, 0.15) is 51.4 Å². The van der Waals surface area contributed by atoms with Gasteiger partial charge in [-0.25, -0.2) is 0 Å². The van der Waals surface area contributed by atoms with Crippen LogP contribution in [0.4, 0.5) is 0 Å². The highest BCUT2D eigenvalue weighted by atomic mass is 16.5. The van der Waals surface area contributed by atoms with Gasteiger partial charge in [0.05, 0.1) is 16.5 Å². The maximum absolute atomic E-state index is 13.4. The van der Waals surface area contributed by atoms with E-state index in [4.69, 9.17) is 9.47 Å². The molecular formula is C22H15NO7. The SMILES string of the molecule is CC(=O)Oc1cccc2c1C(=O)c1[nH]c(=O)c3cc(C)cc(OC(C)=O)c3c1C2=O. The lowest BCUT2D eigenvalue weighted by Crippen LogP contribution is -2.28. The molecule has 0 amide bonds. The van der Waals surface area contributed by atoms with E-state index < -0.39 is 29.1 Å². The van der Waals surface area contributed by atoms with Crippen LogP contribution in [0.15, 0.2) is 35.1 Å². The van der Waals surface area contributed by atoms with Crippen molar-refractivity contribution in [3.05, 3.63) is 68.6 Å². The average Bonchev–Trinajstić information content (AvgIpc) is 2.65. The summed E-state index contributed by atoms with van der Waals surface area (Å²) in [6.07, 6.45) is 0. The third-order valence-corrected chi connectivity index (χ3v) is 4.69. The molecule has 0 spiro atoms. The molecule has 1 aliphatic carbocycles. The minimum absolute atomic E-state index is 0.0144. The predicted molar refractivity (Wildman–Crippen MR) is 105 cm³/mol. The van der Waals surface area contributed by atoms with Crippen molar-refractivity contribution >= 4 is 34.3 Å². The molecule has 8 heteroatoms. The summed E-state index contributed by atoms with van der Waals surface area (Å²) < 4.78 is 10.3. The molecule has 1 aromatic heterocycles. The molecule has 0 aliphatic heterocycles. The van der Waals surface area contributed by atoms with Gasteiger partial charge < -0.3 is 14.5 Å². The van der Waals surface area contributed by atoms with Gasteiger partial charge in [0.25, 0.3) is 5.56 Å². The van der Waals surface area contributed by atoms with Gasteiger partial charge in [-0.2, -0.15) is 0 Å². The molecule has 0 atom stereocenters. The van der Waals surface area contributed by atoms with Gasteiger partial charge in [0, 0.05) is 24.8 Å². The lowest BCUT2D eigenvalue weighted by Gasteiger charge is -2.21. The van der Waals surface area contributed by atoms with Gasteiger partial charge >= 0.3 is 11.9 Å². The van der Waals surface area contributed by atoms with Gasteiger partial charge in [0.2, 0.25) is 5.78 Å². The summed E-state index contributed by atoms with van der Waals surface area (Å²) in [7, 11) is 0. The minimum Gasteiger partial charge on any atom is -0.426 e. The minimum atomic E-state index is -0.676. The van der Waals surface area contributed by atoms with Crippen molar-refractivity contribution in [2.75, 3.05) is 0 Å². The smallest absolute Gasteiger partial charge is 0.308 e. The van der Waals surface area contributed by atoms with Crippen LogP contribution in [0.2, 0.25) is 0 Å². The van der Waals surface area contributed by atoms with Crippen molar-refractivity contribution in [3.8, 4) is 11.5 Å². The maximum Gasteiger partial charge on any atom is 0.308 e. The van der Waals surface area contributed by atoms with E-state index in [0.717, 1.165) is 0 Å². The molecule has 1 aliphatic rings. The third kappa shape index (κ3) is 2.89. The normalized spacial score (nSPS) is 12.4. The summed E-state index contributed by atoms with van der Waals surface area (Å²) >= 11 is 0. The Morgan fingerprint density at radius 2 is 1.53 bits per heavy atom. The molecule has 0 bridgehead atoms. The van der Waals surface area contributed by atoms with Crippen molar-refractivity contribution in [2.24, 2.45) is 0 Å². The molecule has 1 heterocycles. The van der Waals surface area contributed by atoms with E-state index in [1.54, 1.807) is 13.0 Å². The number of nitrogens with one attached hydrogen (secondary N) is 1. The molecule has 0 unspecified atom stereocenters. The molecule has 8 nitrogen and oxygen atoms in total. The van der Waals surface area contributed by atoms with Crippen molar-refractivity contribution < 1.29 is 28.7 Å². The molecule has 150 valence electrons. The summed E-state index contributed by atoms with van der Waals surface area (Å²) in [5, 5.41) is 0.196. The van der Waals surface area contributed by atoms with Crippen LogP contribution in [-0.4, -0.2) is 28.5 Å². The number of carbonyl (C=O) groups excluding carboxylic acids is 4. The maximum atomic E-state index is 13.4. The van der Waals surface area contributed by atoms with Crippen molar-refractivity contribution in [3.63, 3.8) is 0 Å². The molecule has 4 rings (SSSR count). The Bertz CT molecular complexity index is 1360. The molecule has 1 N–H and O–H groups in total. The van der Waals surface area contributed by atoms with Crippen LogP contribution < -0.4 is 15.0 Å². The summed E-state index contributed by atoms with van der Waals surface area (Å²) in [5.41, 5.74) is -0.387. The van der Waals surface area contributed by atoms with Gasteiger partial charge in [-0.1, -0.05) is 12.1 Å². The topological polar surface area (TPSA) is 120 Å². The van der Waals surface area contributed by atoms with Crippen LogP contribution in [0.25, 0.3) is 10.8 Å². The number of benzene rings is 2. The van der Waals surface area contributed by atoms with Crippen LogP contribution in [-0.2, 0) is 9.59 Å². The fraction of sp³-hybridized carbons (Fsp3) is 0.136. The first-order chi connectivity index (χ1) is 14.2. The van der Waals surface area contributed by atoms with E-state index in [1.807, 2.05) is 0 Å². The summed E-state index contributed by atoms with van der Waals surface area (Å²) in [6, 6.07) is 7.37. The lowest BCUT2D eigenvalue weighted by molar-refractivity contribution is -0.132. The highest BCUT2D eigenvalue weighted by molar-refractivity contribution is 6.32. The first-order valence-corrected chi connectivity index (χ1v) is 8.99. The first-order valence-electron chi connectivity index (χ1n) is 8.99. The molecule has 3 aromatic rings. The Balaban J connectivity index is 2.10. The van der Waals surface area contributed by atoms with Gasteiger partial charge in [-0.05, 0) is 30.7 Å². The zero-order valence-electron chi connectivity index (χ0n) is 16.2. The molecular weight excluding hydrogens is 390 g/mol. The highest BCUT2D eigenvalue weighted by Crippen LogP contribution is 2.38. The van der Waals surface area contributed by atoms with Gasteiger partial charge in [0.1, 0.15) is 17.2 Å². The van der Waals surface area contributed by atoms with Crippen molar-refractivity contribution in [1.82, 2.24) is 4.98 Å². The highest BCUT2D eigenvalue weighted by Gasteiger charge is 2.36. The second-order valence-electron chi connectivity index (χ2n) is 6.91. The molecule has 0 radical (unpaired) electrons. The van der Waals surface area contributed by atoms with Crippen LogP contribution in [0.3, 0.4) is 0 Å². The number of fused-ring (bicyclic) bond motifs is 4. The largest absolute Gasteiger partial charge is 0.426 e. The molecule has 0 fully saturated rings. The fourth-order valence-electron chi connectivity index (χ4n) is 3.65. The predicted octanol–water partition coefficient (Wildman–Crippen LogP) is 2.46. The number of pyridine rings is 1. The standard InChI is InChI=1S/C22H15NO7/c1-9-7-13-16(15(8-9)30-11(3)25)18-19(23-22(13)28)21(27)17-12(20(18)26)5-4-6-14(17)29-10(2)24/h4-8H,1-3H3,(H,23,28). The summed E-state index contributed by atoms with van der Waals surface area (Å²) in [5.74, 6) is -2.59. The lowest BCUT2D eigenvalue weighted by atomic mass is 9.83. The quantitative estimate of drug-likeness (QED) is 0.402. The number of hydrogen-bond acceptors (Lipinski definition) is 7. The molecule has 2 aromatic carbocycles. The van der Waals surface area contributed by atoms with Crippen molar-refractivity contribution in [2.45, 2.75) is 20.8 Å². The summed E-state index contributed by atoms with van der Waals surface area (Å²) in [6.45, 7) is 4.08. The number of ketones is 2. The van der Waals surface area contributed by atoms with Gasteiger partial charge in [-0.15, -0.1) is 0 Å². The number of aryl methyl sites for hydroxylation is 1. The van der Waals surface area contributed by atoms with E-state index in [-0.39, 0.29) is 44.7 Å². The average molecular weight is 405 g/mol. The zero-order chi connectivity index (χ0) is 21.7. The Morgan fingerprint density at radius 3 is 2.20 bits per heavy atom. The Hall–Kier alpha value is -4.07. The number of hydrogen-bond donors (Lipinski definition) is 1. The van der Waals surface area contributed by atoms with E-state index >= 15 is 0 Å². The number of esters is 2. The third-order valence-electron chi connectivity index (χ3n) is 4.69. The number of rotatable bonds is 2. The Kier molecular flexibility index (Phi) is 4.34. The van der Waals surface area contributed by atoms with Crippen LogP contribution >= 0.6 is 0 Å². The van der Waals surface area contributed by atoms with Crippen molar-refractivity contribution in [1.29, 1.82) is 0 Å². The van der Waals surface area contributed by atoms with E-state index in [1.165, 1.54) is 38.1 Å². The zero-order valence-corrected chi connectivity index (χ0v) is 16.2. The Morgan fingerprint density at radius 1 is 0.867 bits per heavy atom. The number of ether oxygens (including phenoxy) is 2. The van der Waals surface area contributed by atoms with Gasteiger partial charge in [0.15, 0.2) is 5.78 Å². The van der Waals surface area contributed by atoms with E-state index in [2.05, 4.69) is 4.98 Å². The second-order valence-corrected chi connectivity index (χ2v) is 6.91. The number of aromatic nitrogens is 1. The van der Waals surface area contributed by atoms with Gasteiger partial charge in [-0.3, -0.25) is 24.0 Å². The second kappa shape index (κ2) is 6.77. The Labute approximate surface area is 169 Å². The number of aromatic amines is 1. The van der Waals surface area contributed by atoms with E-state index in [9.17, 15) is 24.0 Å². The molecule has 0 saturated carbocycles. The number of carbonyl (C=O) groups is 4. The first kappa shape index (κ1) is 19.3. The fourth-order valence-corrected chi connectivity index (χ4v) is 3.65. The van der Waals surface area contributed by atoms with E-state index in [0.29, 0.717) is 5.56 Å². The van der Waals surface area contributed by atoms with Crippen LogP contribution in [0.5, 0.6) is 11.5 Å². The van der Waals surface area contributed by atoms with Crippen LogP contribution in [0, 0.1) is 6.92 Å².